The molecular weight excluding hydrogens is 232 g/mol. The number of nitrogens with one attached hydrogen (secondary N) is 1. The predicted molar refractivity (Wildman–Crippen MR) is 64.5 cm³/mol. The first-order valence-corrected chi connectivity index (χ1v) is 5.23. The molecule has 2 heterocycles. The minimum atomic E-state index is 0.366. The summed E-state index contributed by atoms with van der Waals surface area (Å²) in [6.45, 7) is 1.76. The Morgan fingerprint density at radius 1 is 1.50 bits per heavy atom. The summed E-state index contributed by atoms with van der Waals surface area (Å²) in [6.07, 6.45) is 1.48. The first-order valence-electron chi connectivity index (χ1n) is 5.23. The summed E-state index contributed by atoms with van der Waals surface area (Å²) in [5.74, 6) is 2.19. The molecule has 0 spiro atoms. The molecule has 7 heteroatoms. The maximum atomic E-state index is 8.97. The smallest absolute Gasteiger partial charge is 0.213 e. The van der Waals surface area contributed by atoms with Crippen molar-refractivity contribution < 1.29 is 4.74 Å². The van der Waals surface area contributed by atoms with E-state index in [0.29, 0.717) is 28.9 Å². The number of rotatable bonds is 3. The Morgan fingerprint density at radius 2 is 2.28 bits per heavy atom. The van der Waals surface area contributed by atoms with E-state index in [0.717, 1.165) is 0 Å². The summed E-state index contributed by atoms with van der Waals surface area (Å²) in [5, 5.41) is 16.1. The highest BCUT2D eigenvalue weighted by molar-refractivity contribution is 5.60. The number of methoxy groups -OCH3 is 1. The molecular formula is C11H12N6O. The Hall–Kier alpha value is -2.62. The van der Waals surface area contributed by atoms with Crippen molar-refractivity contribution in [2.24, 2.45) is 7.05 Å². The lowest BCUT2D eigenvalue weighted by molar-refractivity contribution is 0.373. The molecule has 2 rings (SSSR count). The Kier molecular flexibility index (Phi) is 3.10. The lowest BCUT2D eigenvalue weighted by atomic mass is 10.3. The molecule has 0 aliphatic rings. The lowest BCUT2D eigenvalue weighted by Crippen LogP contribution is -2.01. The van der Waals surface area contributed by atoms with Crippen molar-refractivity contribution in [3.05, 3.63) is 23.7 Å². The SMILES string of the molecule is COc1cc(Nc2nc(C)ncc2C#N)nn1C. The average molecular weight is 244 g/mol. The summed E-state index contributed by atoms with van der Waals surface area (Å²) < 4.78 is 6.69. The van der Waals surface area contributed by atoms with E-state index in [9.17, 15) is 0 Å². The van der Waals surface area contributed by atoms with Crippen molar-refractivity contribution in [3.8, 4) is 11.9 Å². The van der Waals surface area contributed by atoms with Crippen LogP contribution in [0.1, 0.15) is 11.4 Å². The van der Waals surface area contributed by atoms with Gasteiger partial charge in [0.2, 0.25) is 5.88 Å². The van der Waals surface area contributed by atoms with Crippen molar-refractivity contribution in [2.45, 2.75) is 6.92 Å². The molecule has 1 N–H and O–H groups in total. The first-order chi connectivity index (χ1) is 8.63. The van der Waals surface area contributed by atoms with Crippen molar-refractivity contribution >= 4 is 11.6 Å². The van der Waals surface area contributed by atoms with E-state index >= 15 is 0 Å². The molecule has 0 saturated carbocycles. The number of aryl methyl sites for hydroxylation is 2. The van der Waals surface area contributed by atoms with Gasteiger partial charge in [-0.3, -0.25) is 0 Å². The molecule has 92 valence electrons. The van der Waals surface area contributed by atoms with Crippen LogP contribution in [0.3, 0.4) is 0 Å². The van der Waals surface area contributed by atoms with Gasteiger partial charge in [0.15, 0.2) is 11.6 Å². The summed E-state index contributed by atoms with van der Waals surface area (Å²) in [5.41, 5.74) is 0.366. The van der Waals surface area contributed by atoms with Crippen molar-refractivity contribution in [3.63, 3.8) is 0 Å². The normalized spacial score (nSPS) is 9.89. The molecule has 2 aromatic rings. The summed E-state index contributed by atoms with van der Waals surface area (Å²) >= 11 is 0. The molecule has 0 saturated heterocycles. The molecule has 0 aliphatic heterocycles. The molecule has 0 amide bonds. The van der Waals surface area contributed by atoms with Crippen LogP contribution in [0.4, 0.5) is 11.6 Å². The van der Waals surface area contributed by atoms with Gasteiger partial charge in [-0.25, -0.2) is 14.6 Å². The van der Waals surface area contributed by atoms with Gasteiger partial charge in [0.05, 0.1) is 13.3 Å². The van der Waals surface area contributed by atoms with Gasteiger partial charge in [0.1, 0.15) is 17.5 Å². The highest BCUT2D eigenvalue weighted by Crippen LogP contribution is 2.20. The summed E-state index contributed by atoms with van der Waals surface area (Å²) in [7, 11) is 3.33. The fraction of sp³-hybridized carbons (Fsp3) is 0.273. The van der Waals surface area contributed by atoms with E-state index in [1.54, 1.807) is 31.8 Å². The molecule has 0 fully saturated rings. The number of nitriles is 1. The van der Waals surface area contributed by atoms with Crippen LogP contribution in [0.2, 0.25) is 0 Å². The Bertz CT molecular complexity index is 612. The second kappa shape index (κ2) is 4.71. The van der Waals surface area contributed by atoms with Crippen LogP contribution in [0.5, 0.6) is 5.88 Å². The van der Waals surface area contributed by atoms with Crippen LogP contribution in [-0.4, -0.2) is 26.9 Å². The lowest BCUT2D eigenvalue weighted by Gasteiger charge is -2.03. The van der Waals surface area contributed by atoms with Crippen LogP contribution in [0, 0.1) is 18.3 Å². The maximum Gasteiger partial charge on any atom is 0.213 e. The van der Waals surface area contributed by atoms with E-state index in [1.165, 1.54) is 6.20 Å². The van der Waals surface area contributed by atoms with Gasteiger partial charge in [-0.2, -0.15) is 10.4 Å². The average Bonchev–Trinajstić information content (AvgIpc) is 2.70. The van der Waals surface area contributed by atoms with Crippen molar-refractivity contribution in [1.29, 1.82) is 5.26 Å². The van der Waals surface area contributed by atoms with Gasteiger partial charge in [-0.15, -0.1) is 0 Å². The largest absolute Gasteiger partial charge is 0.481 e. The van der Waals surface area contributed by atoms with Gasteiger partial charge < -0.3 is 10.1 Å². The fourth-order valence-corrected chi connectivity index (χ4v) is 1.47. The fourth-order valence-electron chi connectivity index (χ4n) is 1.47. The van der Waals surface area contributed by atoms with Crippen LogP contribution >= 0.6 is 0 Å². The number of ether oxygens (including phenoxy) is 1. The van der Waals surface area contributed by atoms with Gasteiger partial charge in [0, 0.05) is 13.1 Å². The number of nitrogens with zero attached hydrogens (tertiary/aromatic N) is 5. The van der Waals surface area contributed by atoms with E-state index in [1.807, 2.05) is 6.07 Å². The molecule has 0 bridgehead atoms. The summed E-state index contributed by atoms with van der Waals surface area (Å²) in [6, 6.07) is 3.75. The number of aromatic nitrogens is 4. The second-order valence-corrected chi connectivity index (χ2v) is 3.61. The maximum absolute atomic E-state index is 8.97. The van der Waals surface area contributed by atoms with Crippen LogP contribution in [-0.2, 0) is 7.05 Å². The number of hydrogen-bond acceptors (Lipinski definition) is 6. The third-order valence-corrected chi connectivity index (χ3v) is 2.32. The van der Waals surface area contributed by atoms with Crippen molar-refractivity contribution in [2.75, 3.05) is 12.4 Å². The molecule has 0 radical (unpaired) electrons. The van der Waals surface area contributed by atoms with E-state index < -0.39 is 0 Å². The molecule has 0 atom stereocenters. The highest BCUT2D eigenvalue weighted by atomic mass is 16.5. The quantitative estimate of drug-likeness (QED) is 0.871. The minimum absolute atomic E-state index is 0.366. The topological polar surface area (TPSA) is 88.7 Å². The molecule has 2 aromatic heterocycles. The Labute approximate surface area is 104 Å². The number of anilines is 2. The summed E-state index contributed by atoms with van der Waals surface area (Å²) in [4.78, 5) is 8.14. The Balaban J connectivity index is 2.33. The predicted octanol–water partition coefficient (Wildman–Crippen LogP) is 1.14. The van der Waals surface area contributed by atoms with Crippen LogP contribution in [0.15, 0.2) is 12.3 Å². The monoisotopic (exact) mass is 244 g/mol. The molecule has 0 unspecified atom stereocenters. The zero-order valence-corrected chi connectivity index (χ0v) is 10.3. The van der Waals surface area contributed by atoms with Gasteiger partial charge in [0.25, 0.3) is 0 Å². The molecule has 0 aromatic carbocycles. The zero-order chi connectivity index (χ0) is 13.1. The van der Waals surface area contributed by atoms with Gasteiger partial charge in [-0.1, -0.05) is 0 Å². The standard InChI is InChI=1S/C11H12N6O/c1-7-13-6-8(5-12)11(14-7)15-9-4-10(18-3)17(2)16-9/h4,6H,1-3H3,(H,13,14,15,16). The highest BCUT2D eigenvalue weighted by Gasteiger charge is 2.09. The van der Waals surface area contributed by atoms with Gasteiger partial charge >= 0.3 is 0 Å². The Morgan fingerprint density at radius 3 is 2.89 bits per heavy atom. The van der Waals surface area contributed by atoms with Crippen LogP contribution < -0.4 is 10.1 Å². The molecule has 7 nitrogen and oxygen atoms in total. The minimum Gasteiger partial charge on any atom is -0.481 e. The van der Waals surface area contributed by atoms with Crippen LogP contribution in [0.25, 0.3) is 0 Å². The molecule has 18 heavy (non-hydrogen) atoms. The third kappa shape index (κ3) is 2.22. The third-order valence-electron chi connectivity index (χ3n) is 2.32. The molecule has 0 aliphatic carbocycles. The zero-order valence-electron chi connectivity index (χ0n) is 10.3. The van der Waals surface area contributed by atoms with E-state index in [4.69, 9.17) is 10.00 Å². The second-order valence-electron chi connectivity index (χ2n) is 3.61. The van der Waals surface area contributed by atoms with Gasteiger partial charge in [-0.05, 0) is 6.92 Å². The first kappa shape index (κ1) is 11.9. The van der Waals surface area contributed by atoms with E-state index in [-0.39, 0.29) is 0 Å². The van der Waals surface area contributed by atoms with Crippen molar-refractivity contribution in [1.82, 2.24) is 19.7 Å². The van der Waals surface area contributed by atoms with E-state index in [2.05, 4.69) is 20.4 Å². The number of hydrogen-bond donors (Lipinski definition) is 1.